The van der Waals surface area contributed by atoms with Crippen LogP contribution in [0.3, 0.4) is 0 Å². The van der Waals surface area contributed by atoms with Crippen molar-refractivity contribution < 1.29 is 13.2 Å². The van der Waals surface area contributed by atoms with E-state index in [1.165, 1.54) is 16.9 Å². The summed E-state index contributed by atoms with van der Waals surface area (Å²) in [6.07, 6.45) is 2.27. The largest absolute Gasteiger partial charge is 0.435 e. The summed E-state index contributed by atoms with van der Waals surface area (Å²) in [4.78, 5) is 4.13. The second-order valence-corrected chi connectivity index (χ2v) is 5.74. The van der Waals surface area contributed by atoms with Gasteiger partial charge >= 0.3 is 6.18 Å². The Hall–Kier alpha value is -1.50. The highest BCUT2D eigenvalue weighted by molar-refractivity contribution is 6.21. The summed E-state index contributed by atoms with van der Waals surface area (Å²) in [6, 6.07) is 1.02. The van der Waals surface area contributed by atoms with Gasteiger partial charge in [0.1, 0.15) is 5.52 Å². The van der Waals surface area contributed by atoms with E-state index in [9.17, 15) is 13.2 Å². The molecular weight excluding hydrogens is 305 g/mol. The molecule has 4 nitrogen and oxygen atoms in total. The molecule has 2 unspecified atom stereocenters. The molecule has 1 aliphatic carbocycles. The molecule has 1 aliphatic rings. The van der Waals surface area contributed by atoms with Crippen LogP contribution >= 0.6 is 11.6 Å². The molecule has 2 heterocycles. The fourth-order valence-electron chi connectivity index (χ4n) is 2.60. The molecule has 1 fully saturated rings. The van der Waals surface area contributed by atoms with E-state index in [-0.39, 0.29) is 11.4 Å². The van der Waals surface area contributed by atoms with Gasteiger partial charge in [0.15, 0.2) is 11.5 Å². The second kappa shape index (κ2) is 5.36. The molecule has 2 atom stereocenters. The zero-order valence-corrected chi connectivity index (χ0v) is 11.8. The summed E-state index contributed by atoms with van der Waals surface area (Å²) >= 11 is 6.27. The number of hydrogen-bond donors (Lipinski definition) is 1. The molecule has 0 radical (unpaired) electrons. The minimum absolute atomic E-state index is 0.0170. The number of rotatable bonds is 2. The van der Waals surface area contributed by atoms with Gasteiger partial charge < -0.3 is 5.32 Å². The molecule has 1 N–H and O–H groups in total. The van der Waals surface area contributed by atoms with Crippen molar-refractivity contribution in [1.82, 2.24) is 14.6 Å². The number of nitrogens with one attached hydrogen (secondary N) is 1. The Morgan fingerprint density at radius 1 is 1.29 bits per heavy atom. The van der Waals surface area contributed by atoms with E-state index in [1.807, 2.05) is 0 Å². The Morgan fingerprint density at radius 2 is 2.05 bits per heavy atom. The normalized spacial score (nSPS) is 23.4. The number of alkyl halides is 4. The van der Waals surface area contributed by atoms with Crippen LogP contribution < -0.4 is 5.32 Å². The third-order valence-corrected chi connectivity index (χ3v) is 4.21. The zero-order chi connectivity index (χ0) is 15.0. The first-order chi connectivity index (χ1) is 9.95. The Labute approximate surface area is 124 Å². The molecule has 8 heteroatoms. The van der Waals surface area contributed by atoms with E-state index in [0.717, 1.165) is 31.7 Å². The third kappa shape index (κ3) is 2.92. The molecule has 0 aromatic carbocycles. The van der Waals surface area contributed by atoms with E-state index in [2.05, 4.69) is 15.4 Å². The van der Waals surface area contributed by atoms with Crippen LogP contribution in [-0.2, 0) is 6.18 Å². The number of anilines is 1. The Morgan fingerprint density at radius 3 is 2.76 bits per heavy atom. The van der Waals surface area contributed by atoms with Crippen molar-refractivity contribution in [2.75, 3.05) is 5.32 Å². The summed E-state index contributed by atoms with van der Waals surface area (Å²) < 4.78 is 39.4. The molecule has 1 saturated carbocycles. The van der Waals surface area contributed by atoms with Gasteiger partial charge in [0.2, 0.25) is 0 Å². The molecule has 2 aromatic heterocycles. The van der Waals surface area contributed by atoms with Crippen molar-refractivity contribution in [2.24, 2.45) is 0 Å². The van der Waals surface area contributed by atoms with E-state index < -0.39 is 11.9 Å². The second-order valence-electron chi connectivity index (χ2n) is 5.18. The van der Waals surface area contributed by atoms with E-state index in [1.54, 1.807) is 0 Å². The average molecular weight is 319 g/mol. The maximum absolute atomic E-state index is 12.7. The summed E-state index contributed by atoms with van der Waals surface area (Å²) in [6.45, 7) is 0. The van der Waals surface area contributed by atoms with Gasteiger partial charge in [0.25, 0.3) is 0 Å². The van der Waals surface area contributed by atoms with Gasteiger partial charge in [-0.2, -0.15) is 18.3 Å². The molecule has 2 aromatic rings. The molecule has 0 amide bonds. The maximum Gasteiger partial charge on any atom is 0.435 e. The first-order valence-corrected chi connectivity index (χ1v) is 7.21. The SMILES string of the molecule is FC(F)(F)c1cc2c(NC3CCCCC3Cl)nccn2n1. The first-order valence-electron chi connectivity index (χ1n) is 6.77. The molecule has 3 rings (SSSR count). The van der Waals surface area contributed by atoms with Crippen LogP contribution in [-0.4, -0.2) is 26.0 Å². The Kier molecular flexibility index (Phi) is 3.69. The van der Waals surface area contributed by atoms with Crippen LogP contribution in [0.2, 0.25) is 0 Å². The topological polar surface area (TPSA) is 42.2 Å². The zero-order valence-electron chi connectivity index (χ0n) is 11.1. The lowest BCUT2D eigenvalue weighted by atomic mass is 9.95. The van der Waals surface area contributed by atoms with Crippen molar-refractivity contribution >= 4 is 22.9 Å². The Bertz CT molecular complexity index is 640. The standard InChI is InChI=1S/C13H14ClF3N4/c14-8-3-1-2-4-9(8)19-12-10-7-11(13(15,16)17)20-21(10)6-5-18-12/h5-9H,1-4H2,(H,18,19). The summed E-state index contributed by atoms with van der Waals surface area (Å²) in [5, 5.41) is 6.67. The smallest absolute Gasteiger partial charge is 0.364 e. The summed E-state index contributed by atoms with van der Waals surface area (Å²) in [5.74, 6) is 0.387. The van der Waals surface area contributed by atoms with Crippen molar-refractivity contribution in [1.29, 1.82) is 0 Å². The van der Waals surface area contributed by atoms with Gasteiger partial charge in [-0.25, -0.2) is 9.50 Å². The quantitative estimate of drug-likeness (QED) is 0.858. The first kappa shape index (κ1) is 14.4. The highest BCUT2D eigenvalue weighted by Crippen LogP contribution is 2.31. The number of aromatic nitrogens is 3. The van der Waals surface area contributed by atoms with Crippen LogP contribution in [0.1, 0.15) is 31.4 Å². The minimum Gasteiger partial charge on any atom is -0.364 e. The van der Waals surface area contributed by atoms with Crippen LogP contribution in [0, 0.1) is 0 Å². The van der Waals surface area contributed by atoms with E-state index >= 15 is 0 Å². The molecule has 0 aliphatic heterocycles. The number of halogens is 4. The molecular formula is C13H14ClF3N4. The monoisotopic (exact) mass is 318 g/mol. The predicted molar refractivity (Wildman–Crippen MR) is 73.5 cm³/mol. The van der Waals surface area contributed by atoms with Crippen molar-refractivity contribution in [2.45, 2.75) is 43.3 Å². The lowest BCUT2D eigenvalue weighted by Gasteiger charge is -2.28. The molecule has 114 valence electrons. The maximum atomic E-state index is 12.7. The number of nitrogens with zero attached hydrogens (tertiary/aromatic N) is 3. The molecule has 0 spiro atoms. The van der Waals surface area contributed by atoms with Crippen LogP contribution in [0.25, 0.3) is 5.52 Å². The lowest BCUT2D eigenvalue weighted by molar-refractivity contribution is -0.141. The predicted octanol–water partition coefficient (Wildman–Crippen LogP) is 3.71. The Balaban J connectivity index is 1.93. The number of hydrogen-bond acceptors (Lipinski definition) is 3. The minimum atomic E-state index is -4.47. The number of fused-ring (bicyclic) bond motifs is 1. The van der Waals surface area contributed by atoms with Crippen LogP contribution in [0.5, 0.6) is 0 Å². The van der Waals surface area contributed by atoms with Crippen molar-refractivity contribution in [3.63, 3.8) is 0 Å². The molecule has 0 saturated heterocycles. The van der Waals surface area contributed by atoms with E-state index in [4.69, 9.17) is 11.6 Å². The molecule has 21 heavy (non-hydrogen) atoms. The van der Waals surface area contributed by atoms with Gasteiger partial charge in [-0.05, 0) is 12.8 Å². The average Bonchev–Trinajstić information content (AvgIpc) is 2.86. The van der Waals surface area contributed by atoms with Crippen molar-refractivity contribution in [3.05, 3.63) is 24.2 Å². The van der Waals surface area contributed by atoms with Gasteiger partial charge in [-0.15, -0.1) is 11.6 Å². The van der Waals surface area contributed by atoms with Crippen LogP contribution in [0.15, 0.2) is 18.5 Å². The van der Waals surface area contributed by atoms with Gasteiger partial charge in [0.05, 0.1) is 5.38 Å². The fourth-order valence-corrected chi connectivity index (χ4v) is 2.94. The third-order valence-electron chi connectivity index (χ3n) is 3.68. The van der Waals surface area contributed by atoms with Crippen molar-refractivity contribution in [3.8, 4) is 0 Å². The fraction of sp³-hybridized carbons (Fsp3) is 0.538. The lowest BCUT2D eigenvalue weighted by Crippen LogP contribution is -2.33. The van der Waals surface area contributed by atoms with Gasteiger partial charge in [-0.1, -0.05) is 12.8 Å². The summed E-state index contributed by atoms with van der Waals surface area (Å²) in [5.41, 5.74) is -0.621. The van der Waals surface area contributed by atoms with Gasteiger partial charge in [0, 0.05) is 24.5 Å². The highest BCUT2D eigenvalue weighted by Gasteiger charge is 2.34. The highest BCUT2D eigenvalue weighted by atomic mass is 35.5. The molecule has 0 bridgehead atoms. The van der Waals surface area contributed by atoms with Gasteiger partial charge in [-0.3, -0.25) is 0 Å². The van der Waals surface area contributed by atoms with Crippen LogP contribution in [0.4, 0.5) is 19.0 Å². The summed E-state index contributed by atoms with van der Waals surface area (Å²) in [7, 11) is 0. The van der Waals surface area contributed by atoms with E-state index in [0.29, 0.717) is 11.3 Å².